The first-order valence-corrected chi connectivity index (χ1v) is 18.4. The predicted octanol–water partition coefficient (Wildman–Crippen LogP) is 6.05. The Labute approximate surface area is 284 Å². The zero-order valence-corrected chi connectivity index (χ0v) is 28.3. The maximum absolute atomic E-state index is 13.0. The molecular formula is C41H47N3O4. The summed E-state index contributed by atoms with van der Waals surface area (Å²) in [6.45, 7) is 5.56. The molecule has 3 aromatic carbocycles. The molecule has 6 fully saturated rings. The Morgan fingerprint density at radius 2 is 1.69 bits per heavy atom. The van der Waals surface area contributed by atoms with Crippen LogP contribution in [0.25, 0.3) is 0 Å². The molecule has 0 aromatic heterocycles. The van der Waals surface area contributed by atoms with E-state index in [4.69, 9.17) is 14.2 Å². The number of piperidine rings is 1. The minimum absolute atomic E-state index is 0.0201. The second-order valence-electron chi connectivity index (χ2n) is 15.8. The van der Waals surface area contributed by atoms with E-state index in [0.29, 0.717) is 6.04 Å². The number of hydrogen-bond donors (Lipinski definition) is 0. The van der Waals surface area contributed by atoms with Crippen LogP contribution in [0.15, 0.2) is 66.7 Å². The van der Waals surface area contributed by atoms with E-state index in [9.17, 15) is 4.79 Å². The molecule has 2 spiro atoms. The Bertz CT molecular complexity index is 1750. The molecule has 0 unspecified atom stereocenters. The Balaban J connectivity index is 0.975. The largest absolute Gasteiger partial charge is 0.493 e. The van der Waals surface area contributed by atoms with Crippen molar-refractivity contribution in [1.82, 2.24) is 9.80 Å². The standard InChI is InChI=1S/C41H47N3O4/c1-46-33-15-12-30-24-34-39-16-17-41(47-2,38-40(39,35(30)36(33)48-38)18-19-44(34)26-27-8-9-27)32(25-39)28-10-13-31(14-11-28)42-20-22-43(23-21-42)37(45)29-6-4-3-5-7-29/h3-7,10-15,27,32,34,38H,8-9,16-26H2,1-2H3/t32-,34-,38-,39-,40+,41-/m1/s1. The number of carbonyl (C=O) groups is 1. The summed E-state index contributed by atoms with van der Waals surface area (Å²) in [5.74, 6) is 3.15. The highest BCUT2D eigenvalue weighted by Gasteiger charge is 2.80. The maximum atomic E-state index is 13.0. The molecule has 2 saturated heterocycles. The first-order chi connectivity index (χ1) is 23.5. The first kappa shape index (κ1) is 29.4. The van der Waals surface area contributed by atoms with E-state index in [0.717, 1.165) is 81.4 Å². The lowest BCUT2D eigenvalue weighted by Crippen LogP contribution is -2.80. The lowest BCUT2D eigenvalue weighted by molar-refractivity contribution is -0.261. The lowest BCUT2D eigenvalue weighted by atomic mass is 9.34. The molecule has 6 atom stereocenters. The van der Waals surface area contributed by atoms with Gasteiger partial charge in [0.2, 0.25) is 0 Å². The van der Waals surface area contributed by atoms with Gasteiger partial charge in [-0.1, -0.05) is 36.4 Å². The molecule has 1 amide bonds. The van der Waals surface area contributed by atoms with Crippen molar-refractivity contribution in [3.8, 4) is 11.5 Å². The van der Waals surface area contributed by atoms with Gasteiger partial charge >= 0.3 is 0 Å². The number of rotatable bonds is 7. The highest BCUT2D eigenvalue weighted by Crippen LogP contribution is 2.78. The number of nitrogens with zero attached hydrogens (tertiary/aromatic N) is 3. The van der Waals surface area contributed by atoms with Crippen molar-refractivity contribution in [2.45, 2.75) is 74.0 Å². The van der Waals surface area contributed by atoms with Crippen molar-refractivity contribution in [2.24, 2.45) is 11.3 Å². The number of benzene rings is 3. The number of carbonyl (C=O) groups excluding carboxylic acids is 1. The minimum atomic E-state index is -0.394. The molecule has 7 nitrogen and oxygen atoms in total. The van der Waals surface area contributed by atoms with Crippen LogP contribution in [0.3, 0.4) is 0 Å². The van der Waals surface area contributed by atoms with Gasteiger partial charge in [-0.3, -0.25) is 9.69 Å². The second-order valence-corrected chi connectivity index (χ2v) is 15.8. The predicted molar refractivity (Wildman–Crippen MR) is 185 cm³/mol. The molecule has 8 aliphatic rings. The summed E-state index contributed by atoms with van der Waals surface area (Å²) in [7, 11) is 3.73. The topological polar surface area (TPSA) is 54.5 Å². The zero-order chi connectivity index (χ0) is 32.3. The fourth-order valence-electron chi connectivity index (χ4n) is 11.8. The van der Waals surface area contributed by atoms with Crippen LogP contribution in [-0.4, -0.2) is 86.9 Å². The van der Waals surface area contributed by atoms with Crippen molar-refractivity contribution >= 4 is 11.6 Å². The molecule has 4 saturated carbocycles. The number of ether oxygens (including phenoxy) is 3. The van der Waals surface area contributed by atoms with Crippen LogP contribution in [-0.2, 0) is 16.6 Å². The molecule has 250 valence electrons. The van der Waals surface area contributed by atoms with E-state index in [2.05, 4.69) is 46.2 Å². The Morgan fingerprint density at radius 3 is 2.42 bits per heavy atom. The van der Waals surface area contributed by atoms with Gasteiger partial charge in [0.25, 0.3) is 5.91 Å². The summed E-state index contributed by atoms with van der Waals surface area (Å²) in [6, 6.07) is 24.1. The third-order valence-electron chi connectivity index (χ3n) is 14.1. The summed E-state index contributed by atoms with van der Waals surface area (Å²) in [5.41, 5.74) is 6.05. The van der Waals surface area contributed by atoms with Gasteiger partial charge in [-0.15, -0.1) is 0 Å². The third-order valence-corrected chi connectivity index (χ3v) is 14.1. The van der Waals surface area contributed by atoms with E-state index in [1.165, 1.54) is 48.2 Å². The van der Waals surface area contributed by atoms with Gasteiger partial charge in [0, 0.05) is 79.4 Å². The van der Waals surface area contributed by atoms with E-state index in [-0.39, 0.29) is 28.8 Å². The van der Waals surface area contributed by atoms with Gasteiger partial charge in [-0.25, -0.2) is 0 Å². The number of methoxy groups -OCH3 is 2. The number of fused-ring (bicyclic) bond motifs is 2. The number of likely N-dealkylation sites (tertiary alicyclic amines) is 1. The van der Waals surface area contributed by atoms with Crippen molar-refractivity contribution in [3.05, 3.63) is 89.0 Å². The molecule has 4 bridgehead atoms. The Kier molecular flexibility index (Phi) is 6.41. The van der Waals surface area contributed by atoms with Gasteiger partial charge in [-0.2, -0.15) is 0 Å². The summed E-state index contributed by atoms with van der Waals surface area (Å²) in [5, 5.41) is 0. The summed E-state index contributed by atoms with van der Waals surface area (Å²) >= 11 is 0. The smallest absolute Gasteiger partial charge is 0.253 e. The first-order valence-electron chi connectivity index (χ1n) is 18.4. The zero-order valence-electron chi connectivity index (χ0n) is 28.3. The van der Waals surface area contributed by atoms with E-state index < -0.39 is 5.60 Å². The number of hydrogen-bond acceptors (Lipinski definition) is 6. The van der Waals surface area contributed by atoms with Gasteiger partial charge in [-0.05, 0) is 98.9 Å². The van der Waals surface area contributed by atoms with Gasteiger partial charge in [0.15, 0.2) is 11.5 Å². The maximum Gasteiger partial charge on any atom is 0.253 e. The Morgan fingerprint density at radius 1 is 0.896 bits per heavy atom. The molecule has 5 aliphatic carbocycles. The van der Waals surface area contributed by atoms with Gasteiger partial charge < -0.3 is 24.0 Å². The molecule has 3 aromatic rings. The number of piperazine rings is 1. The molecule has 48 heavy (non-hydrogen) atoms. The minimum Gasteiger partial charge on any atom is -0.493 e. The van der Waals surface area contributed by atoms with E-state index >= 15 is 0 Å². The van der Waals surface area contributed by atoms with Crippen LogP contribution in [0.5, 0.6) is 11.5 Å². The molecule has 0 N–H and O–H groups in total. The molecule has 7 heteroatoms. The van der Waals surface area contributed by atoms with Crippen LogP contribution in [0, 0.1) is 11.3 Å². The summed E-state index contributed by atoms with van der Waals surface area (Å²) in [6.07, 6.45) is 8.39. The average Bonchev–Trinajstić information content (AvgIpc) is 3.89. The van der Waals surface area contributed by atoms with Crippen molar-refractivity contribution in [2.75, 3.05) is 58.4 Å². The highest BCUT2D eigenvalue weighted by atomic mass is 16.6. The lowest BCUT2D eigenvalue weighted by Gasteiger charge is -2.74. The van der Waals surface area contributed by atoms with Crippen molar-refractivity contribution in [1.29, 1.82) is 0 Å². The van der Waals surface area contributed by atoms with Gasteiger partial charge in [0.05, 0.1) is 7.11 Å². The van der Waals surface area contributed by atoms with Crippen LogP contribution < -0.4 is 14.4 Å². The summed E-state index contributed by atoms with van der Waals surface area (Å²) in [4.78, 5) is 20.4. The normalized spacial score (nSPS) is 34.5. The fourth-order valence-corrected chi connectivity index (χ4v) is 11.8. The van der Waals surface area contributed by atoms with Crippen molar-refractivity contribution < 1.29 is 19.0 Å². The monoisotopic (exact) mass is 645 g/mol. The van der Waals surface area contributed by atoms with Crippen molar-refractivity contribution in [3.63, 3.8) is 0 Å². The van der Waals surface area contributed by atoms with Crippen LogP contribution >= 0.6 is 0 Å². The molecular weight excluding hydrogens is 598 g/mol. The SMILES string of the molecule is COc1ccc2c3c1O[C@H]1[C@@]4(OC)CC[C@@]5(C[C@@H]4c4ccc(N6CCN(C(=O)c7ccccc7)CC6)cc4)[C@@H](C2)N(CC2CC2)CC[C@]315. The Hall–Kier alpha value is -3.55. The van der Waals surface area contributed by atoms with Crippen LogP contribution in [0.1, 0.15) is 71.5 Å². The number of amides is 1. The fraction of sp³-hybridized carbons (Fsp3) is 0.537. The molecule has 0 radical (unpaired) electrons. The molecule has 3 heterocycles. The molecule has 11 rings (SSSR count). The second kappa shape index (κ2) is 10.5. The number of anilines is 1. The summed E-state index contributed by atoms with van der Waals surface area (Å²) < 4.78 is 20.1. The average molecular weight is 646 g/mol. The van der Waals surface area contributed by atoms with E-state index in [1.54, 1.807) is 7.11 Å². The van der Waals surface area contributed by atoms with Crippen LogP contribution in [0.4, 0.5) is 5.69 Å². The van der Waals surface area contributed by atoms with Gasteiger partial charge in [0.1, 0.15) is 11.7 Å². The van der Waals surface area contributed by atoms with E-state index in [1.807, 2.05) is 42.3 Å². The highest BCUT2D eigenvalue weighted by molar-refractivity contribution is 5.94. The quantitative estimate of drug-likeness (QED) is 0.312. The third kappa shape index (κ3) is 3.80. The molecule has 3 aliphatic heterocycles. The van der Waals surface area contributed by atoms with Crippen LogP contribution in [0.2, 0.25) is 0 Å².